The minimum atomic E-state index is -0.400. The smallest absolute Gasteiger partial charge is 0.305 e. The summed E-state index contributed by atoms with van der Waals surface area (Å²) in [6, 6.07) is 15.9. The van der Waals surface area contributed by atoms with Crippen LogP contribution in [0.25, 0.3) is 15.3 Å². The minimum Gasteiger partial charge on any atom is -0.466 e. The van der Waals surface area contributed by atoms with Gasteiger partial charge in [-0.1, -0.05) is 94.9 Å². The van der Waals surface area contributed by atoms with Gasteiger partial charge in [0.25, 0.3) is 0 Å². The van der Waals surface area contributed by atoms with E-state index in [1.54, 1.807) is 4.68 Å². The Labute approximate surface area is 281 Å². The minimum absolute atomic E-state index is 0.174. The number of anilines is 1. The summed E-state index contributed by atoms with van der Waals surface area (Å²) in [5.74, 6) is 0.141. The van der Waals surface area contributed by atoms with Crippen LogP contribution >= 0.6 is 22.9 Å². The second-order valence-electron chi connectivity index (χ2n) is 12.3. The zero-order valence-corrected chi connectivity index (χ0v) is 29.1. The average molecular weight is 662 g/mol. The fourth-order valence-electron chi connectivity index (χ4n) is 5.19. The van der Waals surface area contributed by atoms with Gasteiger partial charge in [0.05, 0.1) is 27.5 Å². The molecule has 0 aliphatic rings. The lowest BCUT2D eigenvalue weighted by atomic mass is 9.90. The van der Waals surface area contributed by atoms with E-state index < -0.39 is 5.41 Å². The first-order chi connectivity index (χ1) is 22.2. The summed E-state index contributed by atoms with van der Waals surface area (Å²) < 4.78 is 7.75. The molecule has 11 heteroatoms. The SMILES string of the molecule is CCCCCCCCN(CCCC(=O)OCC)c1ccc(N=Nc2c(C#N)c(C(C)(C)C)nn2-c2nc3ccccc3s2)c(Cl)c1. The number of carbonyl (C=O) groups is 1. The molecule has 0 fully saturated rings. The number of carbonyl (C=O) groups excluding carboxylic acids is 1. The number of thiazole rings is 1. The molecule has 46 heavy (non-hydrogen) atoms. The zero-order valence-electron chi connectivity index (χ0n) is 27.6. The Bertz CT molecular complexity index is 1650. The molecule has 2 aromatic carbocycles. The van der Waals surface area contributed by atoms with E-state index in [0.29, 0.717) is 58.9 Å². The number of nitrogens with zero attached hydrogens (tertiary/aromatic N) is 7. The van der Waals surface area contributed by atoms with Gasteiger partial charge < -0.3 is 9.64 Å². The highest BCUT2D eigenvalue weighted by atomic mass is 35.5. The van der Waals surface area contributed by atoms with Crippen LogP contribution in [-0.4, -0.2) is 40.4 Å². The summed E-state index contributed by atoms with van der Waals surface area (Å²) >= 11 is 8.27. The zero-order chi connectivity index (χ0) is 33.1. The Morgan fingerprint density at radius 2 is 1.78 bits per heavy atom. The van der Waals surface area contributed by atoms with Gasteiger partial charge in [-0.05, 0) is 50.1 Å². The van der Waals surface area contributed by atoms with Crippen molar-refractivity contribution in [3.05, 3.63) is 58.7 Å². The topological polar surface area (TPSA) is 109 Å². The molecule has 0 saturated heterocycles. The van der Waals surface area contributed by atoms with Crippen LogP contribution in [0.3, 0.4) is 0 Å². The number of esters is 1. The molecule has 0 atom stereocenters. The molecule has 2 aromatic heterocycles. The Morgan fingerprint density at radius 3 is 2.48 bits per heavy atom. The van der Waals surface area contributed by atoms with Gasteiger partial charge in [0, 0.05) is 30.6 Å². The van der Waals surface area contributed by atoms with Gasteiger partial charge >= 0.3 is 5.97 Å². The number of nitriles is 1. The molecular weight excluding hydrogens is 618 g/mol. The molecule has 0 aliphatic carbocycles. The normalized spacial score (nSPS) is 11.8. The first-order valence-corrected chi connectivity index (χ1v) is 17.4. The molecule has 0 radical (unpaired) electrons. The van der Waals surface area contributed by atoms with Crippen LogP contribution in [-0.2, 0) is 14.9 Å². The lowest BCUT2D eigenvalue weighted by Crippen LogP contribution is -2.26. The van der Waals surface area contributed by atoms with Crippen molar-refractivity contribution in [3.63, 3.8) is 0 Å². The Morgan fingerprint density at radius 1 is 1.04 bits per heavy atom. The second kappa shape index (κ2) is 16.7. The number of benzene rings is 2. The largest absolute Gasteiger partial charge is 0.466 e. The van der Waals surface area contributed by atoms with Crippen LogP contribution in [0.5, 0.6) is 0 Å². The molecule has 4 aromatic rings. The number of unbranched alkanes of at least 4 members (excludes halogenated alkanes) is 5. The second-order valence-corrected chi connectivity index (χ2v) is 13.7. The molecule has 244 valence electrons. The molecule has 9 nitrogen and oxygen atoms in total. The number of ether oxygens (including phenoxy) is 1. The molecule has 2 heterocycles. The van der Waals surface area contributed by atoms with E-state index in [1.807, 2.05) is 70.2 Å². The lowest BCUT2D eigenvalue weighted by molar-refractivity contribution is -0.143. The van der Waals surface area contributed by atoms with E-state index >= 15 is 0 Å². The van der Waals surface area contributed by atoms with Gasteiger partial charge in [-0.15, -0.1) is 10.2 Å². The summed E-state index contributed by atoms with van der Waals surface area (Å²) in [5, 5.41) is 25.1. The monoisotopic (exact) mass is 661 g/mol. The van der Waals surface area contributed by atoms with E-state index in [9.17, 15) is 10.1 Å². The highest BCUT2D eigenvalue weighted by molar-refractivity contribution is 7.20. The maximum atomic E-state index is 12.0. The molecule has 0 spiro atoms. The van der Waals surface area contributed by atoms with Gasteiger partial charge in [-0.2, -0.15) is 15.0 Å². The Hall–Kier alpha value is -3.81. The molecule has 0 amide bonds. The summed E-state index contributed by atoms with van der Waals surface area (Å²) in [6.07, 6.45) is 8.26. The number of para-hydroxylation sites is 1. The first kappa shape index (κ1) is 35.1. The maximum absolute atomic E-state index is 12.0. The molecule has 0 saturated carbocycles. The number of halogens is 1. The highest BCUT2D eigenvalue weighted by Gasteiger charge is 2.29. The number of rotatable bonds is 16. The highest BCUT2D eigenvalue weighted by Crippen LogP contribution is 2.37. The number of fused-ring (bicyclic) bond motifs is 1. The van der Waals surface area contributed by atoms with Gasteiger partial charge in [0.2, 0.25) is 5.13 Å². The number of hydrogen-bond donors (Lipinski definition) is 0. The van der Waals surface area contributed by atoms with Crippen LogP contribution < -0.4 is 4.90 Å². The maximum Gasteiger partial charge on any atom is 0.305 e. The molecule has 0 N–H and O–H groups in total. The van der Waals surface area contributed by atoms with Gasteiger partial charge in [0.1, 0.15) is 17.3 Å². The van der Waals surface area contributed by atoms with E-state index in [0.717, 1.165) is 35.3 Å². The fourth-order valence-corrected chi connectivity index (χ4v) is 6.32. The van der Waals surface area contributed by atoms with Gasteiger partial charge in [-0.3, -0.25) is 4.79 Å². The van der Waals surface area contributed by atoms with Crippen molar-refractivity contribution in [1.29, 1.82) is 5.26 Å². The van der Waals surface area contributed by atoms with Crippen molar-refractivity contribution in [3.8, 4) is 11.2 Å². The lowest BCUT2D eigenvalue weighted by Gasteiger charge is -2.25. The fraction of sp³-hybridized carbons (Fsp3) is 0.486. The van der Waals surface area contributed by atoms with Crippen LogP contribution in [0.15, 0.2) is 52.7 Å². The van der Waals surface area contributed by atoms with Crippen molar-refractivity contribution >= 4 is 56.3 Å². The van der Waals surface area contributed by atoms with Crippen molar-refractivity contribution in [1.82, 2.24) is 14.8 Å². The quantitative estimate of drug-likeness (QED) is 0.0671. The third-order valence-corrected chi connectivity index (χ3v) is 8.91. The van der Waals surface area contributed by atoms with Crippen molar-refractivity contribution in [2.45, 2.75) is 91.4 Å². The third kappa shape index (κ3) is 9.14. The van der Waals surface area contributed by atoms with E-state index in [-0.39, 0.29) is 5.97 Å². The van der Waals surface area contributed by atoms with Gasteiger partial charge in [0.15, 0.2) is 5.82 Å². The first-order valence-electron chi connectivity index (χ1n) is 16.2. The van der Waals surface area contributed by atoms with Crippen molar-refractivity contribution in [2.24, 2.45) is 10.2 Å². The summed E-state index contributed by atoms with van der Waals surface area (Å²) in [4.78, 5) is 19.0. The number of azo groups is 1. The Kier molecular flexibility index (Phi) is 12.7. The van der Waals surface area contributed by atoms with Crippen molar-refractivity contribution in [2.75, 3.05) is 24.6 Å². The van der Waals surface area contributed by atoms with Crippen LogP contribution in [0.1, 0.15) is 97.2 Å². The average Bonchev–Trinajstić information content (AvgIpc) is 3.63. The molecule has 0 unspecified atom stereocenters. The molecule has 0 bridgehead atoms. The predicted molar refractivity (Wildman–Crippen MR) is 187 cm³/mol. The van der Waals surface area contributed by atoms with Crippen LogP contribution in [0, 0.1) is 11.3 Å². The number of hydrogen-bond acceptors (Lipinski definition) is 9. The van der Waals surface area contributed by atoms with Crippen LogP contribution in [0.4, 0.5) is 17.2 Å². The van der Waals surface area contributed by atoms with Gasteiger partial charge in [-0.25, -0.2) is 4.98 Å². The predicted octanol–water partition coefficient (Wildman–Crippen LogP) is 10.2. The van der Waals surface area contributed by atoms with Crippen LogP contribution in [0.2, 0.25) is 5.02 Å². The molecule has 0 aliphatic heterocycles. The third-order valence-electron chi connectivity index (χ3n) is 7.59. The summed E-state index contributed by atoms with van der Waals surface area (Å²) in [6.45, 7) is 12.1. The van der Waals surface area contributed by atoms with E-state index in [2.05, 4.69) is 28.1 Å². The molecule has 4 rings (SSSR count). The number of aromatic nitrogens is 3. The van der Waals surface area contributed by atoms with E-state index in [4.69, 9.17) is 26.4 Å². The summed E-state index contributed by atoms with van der Waals surface area (Å²) in [7, 11) is 0. The Balaban J connectivity index is 1.60. The molecular formula is C35H44ClN7O2S. The van der Waals surface area contributed by atoms with E-state index in [1.165, 1.54) is 37.0 Å². The van der Waals surface area contributed by atoms with Crippen molar-refractivity contribution < 1.29 is 9.53 Å². The summed E-state index contributed by atoms with van der Waals surface area (Å²) in [5.41, 5.74) is 2.88. The standard InChI is InChI=1S/C35H44ClN7O2S/c1-6-8-9-10-11-14-21-42(22-15-18-31(44)45-7-2)25-19-20-28(27(36)23-25)39-40-33-26(24-37)32(35(3,4)5)41-43(33)34-38-29-16-12-13-17-30(29)46-34/h12-13,16-17,19-20,23H,6-11,14-15,18,21-22H2,1-5H3.